The molecule has 2 N–H and O–H groups in total. The Morgan fingerprint density at radius 3 is 2.73 bits per heavy atom. The molecule has 82 valence electrons. The topological polar surface area (TPSA) is 66.8 Å². The molecule has 4 nitrogen and oxygen atoms in total. The zero-order valence-electron chi connectivity index (χ0n) is 8.51. The summed E-state index contributed by atoms with van der Waals surface area (Å²) >= 11 is 0. The Balaban J connectivity index is 2.60. The predicted octanol–water partition coefficient (Wildman–Crippen LogP) is 1.07. The molecule has 1 atom stereocenters. The lowest BCUT2D eigenvalue weighted by atomic mass is 10.1. The van der Waals surface area contributed by atoms with Gasteiger partial charge in [0, 0.05) is 0 Å². The summed E-state index contributed by atoms with van der Waals surface area (Å²) in [4.78, 5) is 10.4. The van der Waals surface area contributed by atoms with Gasteiger partial charge in [0.1, 0.15) is 5.75 Å². The number of para-hydroxylation sites is 1. The van der Waals surface area contributed by atoms with Crippen LogP contribution < -0.4 is 4.74 Å². The van der Waals surface area contributed by atoms with Crippen molar-refractivity contribution >= 4 is 5.97 Å². The molecule has 0 aliphatic heterocycles. The molecule has 0 fully saturated rings. The fraction of sp³-hybridized carbons (Fsp3) is 0.364. The van der Waals surface area contributed by atoms with Crippen molar-refractivity contribution in [2.75, 3.05) is 7.11 Å². The second kappa shape index (κ2) is 5.36. The number of methoxy groups -OCH3 is 1. The van der Waals surface area contributed by atoms with E-state index in [1.165, 1.54) is 0 Å². The van der Waals surface area contributed by atoms with Gasteiger partial charge in [-0.25, -0.2) is 4.79 Å². The van der Waals surface area contributed by atoms with Crippen LogP contribution in [0.25, 0.3) is 0 Å². The Bertz CT molecular complexity index is 335. The fourth-order valence-electron chi connectivity index (χ4n) is 1.33. The van der Waals surface area contributed by atoms with Crippen LogP contribution in [0.15, 0.2) is 24.3 Å². The molecule has 0 spiro atoms. The van der Waals surface area contributed by atoms with E-state index < -0.39 is 12.1 Å². The summed E-state index contributed by atoms with van der Waals surface area (Å²) in [7, 11) is 1.56. The van der Waals surface area contributed by atoms with Crippen LogP contribution in [0.2, 0.25) is 0 Å². The molecule has 1 aromatic rings. The Kier molecular flexibility index (Phi) is 4.12. The van der Waals surface area contributed by atoms with Gasteiger partial charge in [0.25, 0.3) is 0 Å². The SMILES string of the molecule is COc1ccccc1CCC(O)C(=O)O. The van der Waals surface area contributed by atoms with Crippen molar-refractivity contribution in [2.45, 2.75) is 18.9 Å². The summed E-state index contributed by atoms with van der Waals surface area (Å²) < 4.78 is 5.11. The van der Waals surface area contributed by atoms with E-state index in [-0.39, 0.29) is 6.42 Å². The number of aliphatic carboxylic acids is 1. The maximum atomic E-state index is 10.4. The van der Waals surface area contributed by atoms with Crippen LogP contribution in [0.5, 0.6) is 5.75 Å². The molecule has 0 heterocycles. The number of hydrogen-bond acceptors (Lipinski definition) is 3. The van der Waals surface area contributed by atoms with Gasteiger partial charge < -0.3 is 14.9 Å². The maximum absolute atomic E-state index is 10.4. The number of carboxylic acid groups (broad SMARTS) is 1. The van der Waals surface area contributed by atoms with Crippen LogP contribution in [0, 0.1) is 0 Å². The van der Waals surface area contributed by atoms with Gasteiger partial charge in [-0.3, -0.25) is 0 Å². The molecule has 1 aromatic carbocycles. The van der Waals surface area contributed by atoms with Crippen molar-refractivity contribution in [2.24, 2.45) is 0 Å². The second-order valence-corrected chi connectivity index (χ2v) is 3.20. The summed E-state index contributed by atoms with van der Waals surface area (Å²) in [5, 5.41) is 17.6. The molecular weight excluding hydrogens is 196 g/mol. The lowest BCUT2D eigenvalue weighted by Crippen LogP contribution is -2.20. The minimum absolute atomic E-state index is 0.190. The van der Waals surface area contributed by atoms with Crippen LogP contribution in [-0.4, -0.2) is 29.4 Å². The molecule has 1 unspecified atom stereocenters. The molecule has 15 heavy (non-hydrogen) atoms. The van der Waals surface area contributed by atoms with Crippen molar-refractivity contribution in [3.05, 3.63) is 29.8 Å². The van der Waals surface area contributed by atoms with Crippen molar-refractivity contribution in [3.63, 3.8) is 0 Å². The standard InChI is InChI=1S/C11H14O4/c1-15-10-5-3-2-4-8(10)6-7-9(12)11(13)14/h2-5,9,12H,6-7H2,1H3,(H,13,14). The molecule has 0 saturated carbocycles. The van der Waals surface area contributed by atoms with Gasteiger partial charge in [0.05, 0.1) is 7.11 Å². The van der Waals surface area contributed by atoms with E-state index in [1.54, 1.807) is 7.11 Å². The number of aryl methyl sites for hydroxylation is 1. The quantitative estimate of drug-likeness (QED) is 0.763. The van der Waals surface area contributed by atoms with Crippen molar-refractivity contribution < 1.29 is 19.7 Å². The summed E-state index contributed by atoms with van der Waals surface area (Å²) in [6.45, 7) is 0. The highest BCUT2D eigenvalue weighted by molar-refractivity contribution is 5.71. The lowest BCUT2D eigenvalue weighted by molar-refractivity contribution is -0.146. The molecule has 0 aliphatic rings. The minimum atomic E-state index is -1.31. The molecule has 0 radical (unpaired) electrons. The minimum Gasteiger partial charge on any atom is -0.496 e. The van der Waals surface area contributed by atoms with Gasteiger partial charge in [-0.05, 0) is 24.5 Å². The summed E-state index contributed by atoms with van der Waals surface area (Å²) in [6, 6.07) is 7.36. The molecule has 4 heteroatoms. The first-order chi connectivity index (χ1) is 7.15. The first-order valence-corrected chi connectivity index (χ1v) is 4.68. The van der Waals surface area contributed by atoms with E-state index in [2.05, 4.69) is 0 Å². The van der Waals surface area contributed by atoms with E-state index in [4.69, 9.17) is 14.9 Å². The Morgan fingerprint density at radius 1 is 1.47 bits per heavy atom. The molecule has 1 rings (SSSR count). The van der Waals surface area contributed by atoms with Crippen molar-refractivity contribution in [1.82, 2.24) is 0 Å². The van der Waals surface area contributed by atoms with Gasteiger partial charge in [-0.15, -0.1) is 0 Å². The third-order valence-electron chi connectivity index (χ3n) is 2.16. The van der Waals surface area contributed by atoms with Crippen molar-refractivity contribution in [1.29, 1.82) is 0 Å². The summed E-state index contributed by atoms with van der Waals surface area (Å²) in [5.74, 6) is -0.472. The van der Waals surface area contributed by atoms with E-state index in [9.17, 15) is 4.79 Å². The maximum Gasteiger partial charge on any atom is 0.332 e. The van der Waals surface area contributed by atoms with E-state index in [0.717, 1.165) is 11.3 Å². The Hall–Kier alpha value is -1.55. The highest BCUT2D eigenvalue weighted by Gasteiger charge is 2.13. The second-order valence-electron chi connectivity index (χ2n) is 3.20. The van der Waals surface area contributed by atoms with Gasteiger partial charge in [0.15, 0.2) is 6.10 Å². The highest BCUT2D eigenvalue weighted by Crippen LogP contribution is 2.19. The Morgan fingerprint density at radius 2 is 2.13 bits per heavy atom. The number of hydrogen-bond donors (Lipinski definition) is 2. The summed E-state index contributed by atoms with van der Waals surface area (Å²) in [5.41, 5.74) is 0.903. The average Bonchev–Trinajstić information content (AvgIpc) is 2.26. The smallest absolute Gasteiger partial charge is 0.332 e. The van der Waals surface area contributed by atoms with Crippen molar-refractivity contribution in [3.8, 4) is 5.75 Å². The zero-order chi connectivity index (χ0) is 11.3. The highest BCUT2D eigenvalue weighted by atomic mass is 16.5. The molecular formula is C11H14O4. The van der Waals surface area contributed by atoms with E-state index in [0.29, 0.717) is 6.42 Å². The molecule has 0 amide bonds. The number of carboxylic acids is 1. The average molecular weight is 210 g/mol. The number of ether oxygens (including phenoxy) is 1. The number of benzene rings is 1. The van der Waals surface area contributed by atoms with Crippen LogP contribution in [0.3, 0.4) is 0 Å². The number of aliphatic hydroxyl groups is 1. The van der Waals surface area contributed by atoms with Crippen LogP contribution in [0.4, 0.5) is 0 Å². The molecule has 0 saturated heterocycles. The van der Waals surface area contributed by atoms with Gasteiger partial charge >= 0.3 is 5.97 Å². The lowest BCUT2D eigenvalue weighted by Gasteiger charge is -2.09. The van der Waals surface area contributed by atoms with Crippen LogP contribution >= 0.6 is 0 Å². The molecule has 0 bridgehead atoms. The monoisotopic (exact) mass is 210 g/mol. The van der Waals surface area contributed by atoms with Gasteiger partial charge in [-0.1, -0.05) is 18.2 Å². The number of aliphatic hydroxyl groups excluding tert-OH is 1. The third kappa shape index (κ3) is 3.25. The largest absolute Gasteiger partial charge is 0.496 e. The van der Waals surface area contributed by atoms with Crippen LogP contribution in [-0.2, 0) is 11.2 Å². The predicted molar refractivity (Wildman–Crippen MR) is 55.0 cm³/mol. The number of rotatable bonds is 5. The van der Waals surface area contributed by atoms with E-state index in [1.807, 2.05) is 24.3 Å². The van der Waals surface area contributed by atoms with Crippen LogP contribution in [0.1, 0.15) is 12.0 Å². The number of carbonyl (C=O) groups is 1. The zero-order valence-corrected chi connectivity index (χ0v) is 8.51. The Labute approximate surface area is 88.1 Å². The normalized spacial score (nSPS) is 12.1. The molecule has 0 aromatic heterocycles. The first kappa shape index (κ1) is 11.5. The first-order valence-electron chi connectivity index (χ1n) is 4.68. The van der Waals surface area contributed by atoms with Gasteiger partial charge in [-0.2, -0.15) is 0 Å². The summed E-state index contributed by atoms with van der Waals surface area (Å²) in [6.07, 6.45) is -0.636. The molecule has 0 aliphatic carbocycles. The third-order valence-corrected chi connectivity index (χ3v) is 2.16. The van der Waals surface area contributed by atoms with E-state index >= 15 is 0 Å². The fourth-order valence-corrected chi connectivity index (χ4v) is 1.33. The van der Waals surface area contributed by atoms with Gasteiger partial charge in [0.2, 0.25) is 0 Å².